The van der Waals surface area contributed by atoms with E-state index >= 15 is 0 Å². The van der Waals surface area contributed by atoms with Crippen molar-refractivity contribution in [1.82, 2.24) is 0 Å². The Labute approximate surface area is 95.9 Å². The minimum absolute atomic E-state index is 0.0680. The van der Waals surface area contributed by atoms with Gasteiger partial charge in [-0.25, -0.2) is 4.39 Å². The first-order valence-electron chi connectivity index (χ1n) is 5.30. The Morgan fingerprint density at radius 1 is 1.19 bits per heavy atom. The van der Waals surface area contributed by atoms with E-state index in [1.54, 1.807) is 19.9 Å². The largest absolute Gasteiger partial charge is 0.325 e. The molecule has 3 heteroatoms. The Morgan fingerprint density at radius 3 is 2.25 bits per heavy atom. The van der Waals surface area contributed by atoms with Gasteiger partial charge in [0.25, 0.3) is 0 Å². The molecule has 0 saturated carbocycles. The van der Waals surface area contributed by atoms with Crippen LogP contribution in [0, 0.1) is 25.1 Å². The lowest BCUT2D eigenvalue weighted by atomic mass is 9.95. The van der Waals surface area contributed by atoms with E-state index in [0.717, 1.165) is 5.56 Å². The Kier molecular flexibility index (Phi) is 3.36. The predicted octanol–water partition coefficient (Wildman–Crippen LogP) is 3.43. The molecule has 0 atom stereocenters. The van der Waals surface area contributed by atoms with Crippen molar-refractivity contribution < 1.29 is 9.18 Å². The fraction of sp³-hybridized carbons (Fsp3) is 0.462. The fourth-order valence-electron chi connectivity index (χ4n) is 1.23. The summed E-state index contributed by atoms with van der Waals surface area (Å²) < 4.78 is 13.2. The van der Waals surface area contributed by atoms with Crippen LogP contribution in [0.1, 0.15) is 31.9 Å². The molecular weight excluding hydrogens is 205 g/mol. The summed E-state index contributed by atoms with van der Waals surface area (Å²) in [4.78, 5) is 11.8. The summed E-state index contributed by atoms with van der Waals surface area (Å²) >= 11 is 0. The molecule has 0 saturated heterocycles. The highest BCUT2D eigenvalue weighted by molar-refractivity contribution is 5.95. The van der Waals surface area contributed by atoms with E-state index in [1.807, 2.05) is 20.8 Å². The maximum Gasteiger partial charge on any atom is 0.229 e. The van der Waals surface area contributed by atoms with Crippen LogP contribution in [0.4, 0.5) is 10.1 Å². The molecule has 0 radical (unpaired) electrons. The zero-order valence-corrected chi connectivity index (χ0v) is 10.4. The number of halogens is 1. The van der Waals surface area contributed by atoms with Crippen LogP contribution >= 0.6 is 0 Å². The van der Waals surface area contributed by atoms with Crippen LogP contribution in [-0.2, 0) is 4.79 Å². The summed E-state index contributed by atoms with van der Waals surface area (Å²) in [7, 11) is 0. The molecule has 0 aliphatic rings. The van der Waals surface area contributed by atoms with E-state index in [0.29, 0.717) is 11.3 Å². The van der Waals surface area contributed by atoms with Crippen LogP contribution in [0.3, 0.4) is 0 Å². The molecule has 0 unspecified atom stereocenters. The summed E-state index contributed by atoms with van der Waals surface area (Å²) in [5, 5.41) is 2.81. The van der Waals surface area contributed by atoms with Crippen molar-refractivity contribution in [3.63, 3.8) is 0 Å². The molecule has 0 bridgehead atoms. The van der Waals surface area contributed by atoms with Gasteiger partial charge in [0.15, 0.2) is 0 Å². The normalized spacial score (nSPS) is 11.4. The molecule has 1 aromatic rings. The molecule has 1 N–H and O–H groups in total. The van der Waals surface area contributed by atoms with Crippen LogP contribution in [0.2, 0.25) is 0 Å². The van der Waals surface area contributed by atoms with E-state index in [4.69, 9.17) is 0 Å². The van der Waals surface area contributed by atoms with Crippen LogP contribution < -0.4 is 5.32 Å². The van der Waals surface area contributed by atoms with E-state index in [-0.39, 0.29) is 11.7 Å². The first-order valence-corrected chi connectivity index (χ1v) is 5.30. The van der Waals surface area contributed by atoms with E-state index in [1.165, 1.54) is 6.07 Å². The second-order valence-corrected chi connectivity index (χ2v) is 5.12. The van der Waals surface area contributed by atoms with Gasteiger partial charge in [-0.05, 0) is 37.1 Å². The monoisotopic (exact) mass is 223 g/mol. The quantitative estimate of drug-likeness (QED) is 0.776. The summed E-state index contributed by atoms with van der Waals surface area (Å²) in [6.45, 7) is 8.98. The summed E-state index contributed by atoms with van der Waals surface area (Å²) in [6, 6.07) is 3.10. The summed E-state index contributed by atoms with van der Waals surface area (Å²) in [5.74, 6) is -0.312. The minimum Gasteiger partial charge on any atom is -0.325 e. The molecule has 0 heterocycles. The number of nitrogens with one attached hydrogen (secondary N) is 1. The lowest BCUT2D eigenvalue weighted by molar-refractivity contribution is -0.123. The average molecular weight is 223 g/mol. The number of carbonyl (C=O) groups excluding carboxylic acids is 1. The van der Waals surface area contributed by atoms with Gasteiger partial charge in [-0.1, -0.05) is 20.8 Å². The second-order valence-electron chi connectivity index (χ2n) is 5.12. The molecule has 2 nitrogen and oxygen atoms in total. The van der Waals surface area contributed by atoms with Gasteiger partial charge in [-0.2, -0.15) is 0 Å². The number of rotatable bonds is 1. The lowest BCUT2D eigenvalue weighted by Gasteiger charge is -2.19. The third-order valence-corrected chi connectivity index (χ3v) is 2.44. The molecule has 1 amide bonds. The molecular formula is C13H18FNO. The predicted molar refractivity (Wildman–Crippen MR) is 64.0 cm³/mol. The molecule has 88 valence electrons. The Morgan fingerprint density at radius 2 is 1.75 bits per heavy atom. The molecule has 0 aliphatic carbocycles. The van der Waals surface area contributed by atoms with E-state index < -0.39 is 5.41 Å². The van der Waals surface area contributed by atoms with Crippen molar-refractivity contribution in [2.24, 2.45) is 5.41 Å². The van der Waals surface area contributed by atoms with Crippen LogP contribution in [0.15, 0.2) is 12.1 Å². The van der Waals surface area contributed by atoms with Gasteiger partial charge >= 0.3 is 0 Å². The maximum atomic E-state index is 13.2. The molecule has 0 aromatic heterocycles. The smallest absolute Gasteiger partial charge is 0.229 e. The Hall–Kier alpha value is -1.38. The van der Waals surface area contributed by atoms with Gasteiger partial charge in [-0.3, -0.25) is 4.79 Å². The van der Waals surface area contributed by atoms with Gasteiger partial charge in [0.2, 0.25) is 5.91 Å². The highest BCUT2D eigenvalue weighted by atomic mass is 19.1. The number of amides is 1. The minimum atomic E-state index is -0.450. The van der Waals surface area contributed by atoms with Crippen molar-refractivity contribution in [3.8, 4) is 0 Å². The van der Waals surface area contributed by atoms with Crippen molar-refractivity contribution in [2.75, 3.05) is 5.32 Å². The van der Waals surface area contributed by atoms with Crippen molar-refractivity contribution in [2.45, 2.75) is 34.6 Å². The zero-order chi connectivity index (χ0) is 12.5. The molecule has 0 aliphatic heterocycles. The number of aryl methyl sites for hydroxylation is 2. The molecule has 0 fully saturated rings. The molecule has 1 rings (SSSR count). The van der Waals surface area contributed by atoms with Gasteiger partial charge in [0.1, 0.15) is 5.82 Å². The van der Waals surface area contributed by atoms with Crippen molar-refractivity contribution >= 4 is 11.6 Å². The fourth-order valence-corrected chi connectivity index (χ4v) is 1.23. The van der Waals surface area contributed by atoms with Gasteiger partial charge < -0.3 is 5.32 Å². The number of hydrogen-bond donors (Lipinski definition) is 1. The standard InChI is InChI=1S/C13H18FNO/c1-8-7-11(9(2)6-10(8)14)15-12(16)13(3,4)5/h6-7H,1-5H3,(H,15,16). The SMILES string of the molecule is Cc1cc(NC(=O)C(C)(C)C)c(C)cc1F. The summed E-state index contributed by atoms with van der Waals surface area (Å²) in [5.41, 5.74) is 1.50. The second kappa shape index (κ2) is 4.24. The topological polar surface area (TPSA) is 29.1 Å². The third-order valence-electron chi connectivity index (χ3n) is 2.44. The number of anilines is 1. The molecule has 16 heavy (non-hydrogen) atoms. The number of benzene rings is 1. The summed E-state index contributed by atoms with van der Waals surface area (Å²) in [6.07, 6.45) is 0. The highest BCUT2D eigenvalue weighted by Gasteiger charge is 2.21. The van der Waals surface area contributed by atoms with Crippen molar-refractivity contribution in [3.05, 3.63) is 29.1 Å². The zero-order valence-electron chi connectivity index (χ0n) is 10.4. The first-order chi connectivity index (χ1) is 7.21. The van der Waals surface area contributed by atoms with Gasteiger partial charge in [-0.15, -0.1) is 0 Å². The van der Waals surface area contributed by atoms with E-state index in [9.17, 15) is 9.18 Å². The first kappa shape index (κ1) is 12.7. The van der Waals surface area contributed by atoms with Crippen molar-refractivity contribution in [1.29, 1.82) is 0 Å². The Bertz CT molecular complexity index is 419. The van der Waals surface area contributed by atoms with Crippen LogP contribution in [-0.4, -0.2) is 5.91 Å². The van der Waals surface area contributed by atoms with Crippen LogP contribution in [0.25, 0.3) is 0 Å². The maximum absolute atomic E-state index is 13.2. The third kappa shape index (κ3) is 2.81. The lowest BCUT2D eigenvalue weighted by Crippen LogP contribution is -2.28. The molecule has 0 spiro atoms. The van der Waals surface area contributed by atoms with Gasteiger partial charge in [0.05, 0.1) is 0 Å². The molecule has 1 aromatic carbocycles. The highest BCUT2D eigenvalue weighted by Crippen LogP contribution is 2.22. The van der Waals surface area contributed by atoms with E-state index in [2.05, 4.69) is 5.32 Å². The number of hydrogen-bond acceptors (Lipinski definition) is 1. The van der Waals surface area contributed by atoms with Gasteiger partial charge in [0, 0.05) is 11.1 Å². The Balaban J connectivity index is 2.99. The number of carbonyl (C=O) groups is 1. The average Bonchev–Trinajstić information content (AvgIpc) is 2.12. The van der Waals surface area contributed by atoms with Crippen LogP contribution in [0.5, 0.6) is 0 Å².